The molecule has 3 aromatic carbocycles. The van der Waals surface area contributed by atoms with E-state index in [2.05, 4.69) is 20.7 Å². The standard InChI is InChI=1S/C26H22F3N5O3S/c1-36-21-11-5-18(6-12-21)24-32-33-25(34(24)20-9-13-22(37-2)14-10-20)38-16-23(35)31-30-15-17-3-7-19(8-4-17)26(27,28)29/h3-15H,16H2,1-2H3,(H,31,35)/b30-15+. The molecule has 0 aliphatic rings. The lowest BCUT2D eigenvalue weighted by Gasteiger charge is -2.11. The smallest absolute Gasteiger partial charge is 0.416 e. The van der Waals surface area contributed by atoms with Gasteiger partial charge in [-0.05, 0) is 66.2 Å². The summed E-state index contributed by atoms with van der Waals surface area (Å²) < 4.78 is 50.4. The number of ether oxygens (including phenoxy) is 2. The second-order valence-corrected chi connectivity index (χ2v) is 8.71. The Morgan fingerprint density at radius 2 is 1.55 bits per heavy atom. The Labute approximate surface area is 220 Å². The van der Waals surface area contributed by atoms with Crippen LogP contribution in [0.15, 0.2) is 83.1 Å². The number of amides is 1. The molecule has 1 heterocycles. The summed E-state index contributed by atoms with van der Waals surface area (Å²) in [4.78, 5) is 12.4. The second kappa shape index (κ2) is 11.8. The Balaban J connectivity index is 1.48. The molecule has 0 radical (unpaired) electrons. The first-order valence-corrected chi connectivity index (χ1v) is 12.1. The van der Waals surface area contributed by atoms with E-state index in [9.17, 15) is 18.0 Å². The minimum absolute atomic E-state index is 0.0265. The van der Waals surface area contributed by atoms with Crippen molar-refractivity contribution < 1.29 is 27.4 Å². The molecule has 8 nitrogen and oxygen atoms in total. The molecule has 0 saturated heterocycles. The van der Waals surface area contributed by atoms with E-state index in [4.69, 9.17) is 9.47 Å². The Kier molecular flexibility index (Phi) is 8.31. The minimum Gasteiger partial charge on any atom is -0.497 e. The lowest BCUT2D eigenvalue weighted by Crippen LogP contribution is -2.20. The molecule has 0 spiro atoms. The second-order valence-electron chi connectivity index (χ2n) is 7.77. The number of rotatable bonds is 9. The Morgan fingerprint density at radius 3 is 2.13 bits per heavy atom. The molecular formula is C26H22F3N5O3S. The van der Waals surface area contributed by atoms with Crippen LogP contribution in [0.4, 0.5) is 13.2 Å². The van der Waals surface area contributed by atoms with Gasteiger partial charge in [0.15, 0.2) is 11.0 Å². The van der Waals surface area contributed by atoms with Crippen molar-refractivity contribution in [3.8, 4) is 28.6 Å². The number of thioether (sulfide) groups is 1. The molecule has 1 amide bonds. The van der Waals surface area contributed by atoms with Crippen LogP contribution in [0.1, 0.15) is 11.1 Å². The maximum atomic E-state index is 12.7. The Hall–Kier alpha value is -4.32. The first kappa shape index (κ1) is 26.7. The third-order valence-electron chi connectivity index (χ3n) is 5.29. The molecule has 0 fully saturated rings. The topological polar surface area (TPSA) is 90.6 Å². The molecule has 12 heteroatoms. The normalized spacial score (nSPS) is 11.5. The number of hydrazone groups is 1. The van der Waals surface area contributed by atoms with Crippen molar-refractivity contribution in [3.05, 3.63) is 83.9 Å². The van der Waals surface area contributed by atoms with E-state index in [-0.39, 0.29) is 5.75 Å². The Bertz CT molecular complexity index is 1400. The highest BCUT2D eigenvalue weighted by molar-refractivity contribution is 7.99. The molecule has 0 atom stereocenters. The van der Waals surface area contributed by atoms with Gasteiger partial charge in [-0.2, -0.15) is 18.3 Å². The van der Waals surface area contributed by atoms with Crippen molar-refractivity contribution in [2.45, 2.75) is 11.3 Å². The third-order valence-corrected chi connectivity index (χ3v) is 6.21. The number of halogens is 3. The molecule has 1 N–H and O–H groups in total. The van der Waals surface area contributed by atoms with Gasteiger partial charge in [0.05, 0.1) is 31.8 Å². The number of hydrogen-bond acceptors (Lipinski definition) is 7. The van der Waals surface area contributed by atoms with E-state index < -0.39 is 17.6 Å². The van der Waals surface area contributed by atoms with Gasteiger partial charge in [-0.25, -0.2) is 5.43 Å². The summed E-state index contributed by atoms with van der Waals surface area (Å²) in [7, 11) is 3.17. The van der Waals surface area contributed by atoms with Crippen molar-refractivity contribution in [3.63, 3.8) is 0 Å². The van der Waals surface area contributed by atoms with Gasteiger partial charge in [-0.1, -0.05) is 23.9 Å². The van der Waals surface area contributed by atoms with Gasteiger partial charge in [-0.15, -0.1) is 10.2 Å². The fourth-order valence-corrected chi connectivity index (χ4v) is 4.10. The number of carbonyl (C=O) groups excluding carboxylic acids is 1. The van der Waals surface area contributed by atoms with Crippen LogP contribution in [0.2, 0.25) is 0 Å². The lowest BCUT2D eigenvalue weighted by atomic mass is 10.1. The highest BCUT2D eigenvalue weighted by Crippen LogP contribution is 2.30. The van der Waals surface area contributed by atoms with E-state index in [0.29, 0.717) is 28.0 Å². The van der Waals surface area contributed by atoms with Gasteiger partial charge in [0.1, 0.15) is 11.5 Å². The number of nitrogens with zero attached hydrogens (tertiary/aromatic N) is 4. The van der Waals surface area contributed by atoms with E-state index in [1.54, 1.807) is 14.2 Å². The molecule has 38 heavy (non-hydrogen) atoms. The maximum Gasteiger partial charge on any atom is 0.416 e. The fourth-order valence-electron chi connectivity index (χ4n) is 3.35. The predicted molar refractivity (Wildman–Crippen MR) is 138 cm³/mol. The third kappa shape index (κ3) is 6.51. The Morgan fingerprint density at radius 1 is 0.947 bits per heavy atom. The number of methoxy groups -OCH3 is 2. The molecular weight excluding hydrogens is 519 g/mol. The van der Waals surface area contributed by atoms with Crippen molar-refractivity contribution in [1.82, 2.24) is 20.2 Å². The molecule has 196 valence electrons. The monoisotopic (exact) mass is 541 g/mol. The predicted octanol–water partition coefficient (Wildman–Crippen LogP) is 5.21. The zero-order chi connectivity index (χ0) is 27.1. The molecule has 0 saturated carbocycles. The molecule has 0 bridgehead atoms. The minimum atomic E-state index is -4.42. The van der Waals surface area contributed by atoms with Gasteiger partial charge in [0, 0.05) is 11.3 Å². The van der Waals surface area contributed by atoms with E-state index in [0.717, 1.165) is 35.1 Å². The van der Waals surface area contributed by atoms with E-state index in [1.807, 2.05) is 53.1 Å². The van der Waals surface area contributed by atoms with Gasteiger partial charge < -0.3 is 9.47 Å². The van der Waals surface area contributed by atoms with Crippen molar-refractivity contribution in [1.29, 1.82) is 0 Å². The lowest BCUT2D eigenvalue weighted by molar-refractivity contribution is -0.137. The molecule has 0 aliphatic carbocycles. The summed E-state index contributed by atoms with van der Waals surface area (Å²) in [6.45, 7) is 0. The van der Waals surface area contributed by atoms with Gasteiger partial charge in [-0.3, -0.25) is 9.36 Å². The number of carbonyl (C=O) groups is 1. The van der Waals surface area contributed by atoms with Gasteiger partial charge in [0.25, 0.3) is 5.91 Å². The van der Waals surface area contributed by atoms with Crippen LogP contribution in [0.25, 0.3) is 17.1 Å². The van der Waals surface area contributed by atoms with Crippen LogP contribution in [-0.2, 0) is 11.0 Å². The molecule has 4 aromatic rings. The maximum absolute atomic E-state index is 12.7. The van der Waals surface area contributed by atoms with Crippen molar-refractivity contribution in [2.24, 2.45) is 5.10 Å². The van der Waals surface area contributed by atoms with Crippen LogP contribution in [0.5, 0.6) is 11.5 Å². The van der Waals surface area contributed by atoms with E-state index >= 15 is 0 Å². The summed E-state index contributed by atoms with van der Waals surface area (Å²) in [5.41, 5.74) is 3.59. The zero-order valence-corrected chi connectivity index (χ0v) is 21.1. The quantitative estimate of drug-likeness (QED) is 0.178. The summed E-state index contributed by atoms with van der Waals surface area (Å²) >= 11 is 1.16. The summed E-state index contributed by atoms with van der Waals surface area (Å²) in [5, 5.41) is 12.9. The highest BCUT2D eigenvalue weighted by Gasteiger charge is 2.29. The van der Waals surface area contributed by atoms with Crippen LogP contribution < -0.4 is 14.9 Å². The zero-order valence-electron chi connectivity index (χ0n) is 20.3. The van der Waals surface area contributed by atoms with Crippen molar-refractivity contribution in [2.75, 3.05) is 20.0 Å². The van der Waals surface area contributed by atoms with Crippen LogP contribution in [-0.4, -0.2) is 46.9 Å². The molecule has 4 rings (SSSR count). The number of hydrogen-bond donors (Lipinski definition) is 1. The average molecular weight is 542 g/mol. The van der Waals surface area contributed by atoms with Gasteiger partial charge in [0.2, 0.25) is 0 Å². The van der Waals surface area contributed by atoms with Crippen molar-refractivity contribution >= 4 is 23.9 Å². The first-order chi connectivity index (χ1) is 18.3. The summed E-state index contributed by atoms with van der Waals surface area (Å²) in [6.07, 6.45) is -3.15. The molecule has 0 aliphatic heterocycles. The SMILES string of the molecule is COc1ccc(-c2nnc(SCC(=O)N/N=C/c3ccc(C(F)(F)F)cc3)n2-c2ccc(OC)cc2)cc1. The summed E-state index contributed by atoms with van der Waals surface area (Å²) in [6, 6.07) is 19.1. The number of aromatic nitrogens is 3. The molecule has 1 aromatic heterocycles. The average Bonchev–Trinajstić information content (AvgIpc) is 3.35. The highest BCUT2D eigenvalue weighted by atomic mass is 32.2. The van der Waals surface area contributed by atoms with Crippen LogP contribution in [0.3, 0.4) is 0 Å². The number of nitrogens with one attached hydrogen (secondary N) is 1. The molecule has 0 unspecified atom stereocenters. The van der Waals surface area contributed by atoms with E-state index in [1.165, 1.54) is 18.3 Å². The first-order valence-electron chi connectivity index (χ1n) is 11.1. The number of alkyl halides is 3. The van der Waals surface area contributed by atoms with Crippen LogP contribution in [0, 0.1) is 0 Å². The largest absolute Gasteiger partial charge is 0.497 e. The number of benzene rings is 3. The van der Waals surface area contributed by atoms with Gasteiger partial charge >= 0.3 is 6.18 Å². The fraction of sp³-hybridized carbons (Fsp3) is 0.154. The summed E-state index contributed by atoms with van der Waals surface area (Å²) in [5.74, 6) is 1.51. The van der Waals surface area contributed by atoms with Crippen LogP contribution >= 0.6 is 11.8 Å².